The van der Waals surface area contributed by atoms with Crippen LogP contribution in [0.25, 0.3) is 0 Å². The summed E-state index contributed by atoms with van der Waals surface area (Å²) in [5, 5.41) is 6.40. The first-order chi connectivity index (χ1) is 17.3. The van der Waals surface area contributed by atoms with E-state index in [0.29, 0.717) is 55.1 Å². The lowest BCUT2D eigenvalue weighted by Crippen LogP contribution is -2.62. The number of hydrazine groups is 1. The Balaban J connectivity index is 1.44. The Morgan fingerprint density at radius 2 is 1.81 bits per heavy atom. The van der Waals surface area contributed by atoms with Crippen LogP contribution in [-0.2, 0) is 4.79 Å². The van der Waals surface area contributed by atoms with E-state index in [0.717, 1.165) is 45.4 Å². The summed E-state index contributed by atoms with van der Waals surface area (Å²) in [7, 11) is 4.18. The maximum absolute atomic E-state index is 13.9. The van der Waals surface area contributed by atoms with Gasteiger partial charge < -0.3 is 15.5 Å². The standard InChI is InChI=1S/C28H53FN6O/c1-19(2)35-27-25(16-31-35)24(28(36)34(4)18-20-8-10-23(29)11-9-20)15-26(32-27)22-7-5-6-21(14-22)17-33(3)13-12-30/h19-27,31-32H,5-18,30H2,1-4H3. The van der Waals surface area contributed by atoms with Gasteiger partial charge in [0, 0.05) is 63.7 Å². The zero-order valence-electron chi connectivity index (χ0n) is 23.3. The van der Waals surface area contributed by atoms with Crippen LogP contribution >= 0.6 is 0 Å². The number of nitrogens with zero attached hydrogens (tertiary/aromatic N) is 3. The fraction of sp³-hybridized carbons (Fsp3) is 0.964. The molecule has 0 radical (unpaired) electrons. The molecule has 4 aliphatic rings. The van der Waals surface area contributed by atoms with Crippen molar-refractivity contribution < 1.29 is 9.18 Å². The van der Waals surface area contributed by atoms with Gasteiger partial charge in [-0.2, -0.15) is 0 Å². The molecule has 0 spiro atoms. The lowest BCUT2D eigenvalue weighted by Gasteiger charge is -2.47. The van der Waals surface area contributed by atoms with Crippen molar-refractivity contribution in [3.63, 3.8) is 0 Å². The molecule has 2 saturated heterocycles. The van der Waals surface area contributed by atoms with Gasteiger partial charge in [0.05, 0.1) is 6.17 Å². The van der Waals surface area contributed by atoms with Gasteiger partial charge in [-0.15, -0.1) is 0 Å². The Morgan fingerprint density at radius 3 is 2.50 bits per heavy atom. The van der Waals surface area contributed by atoms with Gasteiger partial charge >= 0.3 is 0 Å². The minimum absolute atomic E-state index is 0.0419. The van der Waals surface area contributed by atoms with E-state index < -0.39 is 6.17 Å². The van der Waals surface area contributed by atoms with Crippen molar-refractivity contribution in [2.75, 3.05) is 46.8 Å². The highest BCUT2D eigenvalue weighted by Gasteiger charge is 2.50. The predicted octanol–water partition coefficient (Wildman–Crippen LogP) is 2.82. The maximum Gasteiger partial charge on any atom is 0.225 e. The van der Waals surface area contributed by atoms with Crippen LogP contribution in [-0.4, -0.2) is 92.0 Å². The molecule has 208 valence electrons. The number of nitrogens with one attached hydrogen (secondary N) is 2. The third-order valence-electron chi connectivity index (χ3n) is 9.66. The molecule has 4 N–H and O–H groups in total. The molecule has 0 bridgehead atoms. The van der Waals surface area contributed by atoms with Crippen LogP contribution in [0, 0.1) is 29.6 Å². The molecule has 2 saturated carbocycles. The Labute approximate surface area is 219 Å². The normalized spacial score (nSPS) is 37.9. The third kappa shape index (κ3) is 6.79. The smallest absolute Gasteiger partial charge is 0.225 e. The van der Waals surface area contributed by atoms with Gasteiger partial charge in [-0.25, -0.2) is 9.40 Å². The zero-order valence-corrected chi connectivity index (χ0v) is 23.3. The van der Waals surface area contributed by atoms with E-state index in [2.05, 4.69) is 41.5 Å². The van der Waals surface area contributed by atoms with Gasteiger partial charge in [0.1, 0.15) is 6.17 Å². The first-order valence-electron chi connectivity index (χ1n) is 14.8. The van der Waals surface area contributed by atoms with E-state index in [1.54, 1.807) is 0 Å². The van der Waals surface area contributed by atoms with Gasteiger partial charge in [0.2, 0.25) is 5.91 Å². The second-order valence-electron chi connectivity index (χ2n) is 12.8. The summed E-state index contributed by atoms with van der Waals surface area (Å²) in [5.41, 5.74) is 9.40. The number of rotatable bonds is 9. The van der Waals surface area contributed by atoms with Crippen LogP contribution in [0.15, 0.2) is 0 Å². The number of halogens is 1. The summed E-state index contributed by atoms with van der Waals surface area (Å²) >= 11 is 0. The van der Waals surface area contributed by atoms with Crippen molar-refractivity contribution in [1.29, 1.82) is 0 Å². The quantitative estimate of drug-likeness (QED) is 0.445. The SMILES string of the molecule is CC(C)N1NCC2C(C(=O)N(C)CC3CCC(F)CC3)CC(C3CCCC(CN(C)CCN)C3)NC21. The molecule has 6 unspecified atom stereocenters. The number of carbonyl (C=O) groups excluding carboxylic acids is 1. The highest BCUT2D eigenvalue weighted by Crippen LogP contribution is 2.40. The first-order valence-corrected chi connectivity index (χ1v) is 14.8. The molecule has 0 aromatic heterocycles. The summed E-state index contributed by atoms with van der Waals surface area (Å²) in [6.45, 7) is 8.89. The molecular formula is C28H53FN6O. The molecule has 36 heavy (non-hydrogen) atoms. The van der Waals surface area contributed by atoms with E-state index in [-0.39, 0.29) is 18.0 Å². The second-order valence-corrected chi connectivity index (χ2v) is 12.8. The molecule has 2 aliphatic heterocycles. The summed E-state index contributed by atoms with van der Waals surface area (Å²) < 4.78 is 13.6. The summed E-state index contributed by atoms with van der Waals surface area (Å²) in [5.74, 6) is 2.41. The van der Waals surface area contributed by atoms with Crippen molar-refractivity contribution in [1.82, 2.24) is 25.6 Å². The molecule has 4 rings (SSSR count). The van der Waals surface area contributed by atoms with Crippen LogP contribution in [0.4, 0.5) is 4.39 Å². The molecule has 0 aromatic carbocycles. The van der Waals surface area contributed by atoms with E-state index in [1.807, 2.05) is 11.9 Å². The van der Waals surface area contributed by atoms with Crippen molar-refractivity contribution in [2.45, 2.75) is 96.1 Å². The molecule has 6 atom stereocenters. The van der Waals surface area contributed by atoms with Crippen LogP contribution < -0.4 is 16.5 Å². The third-order valence-corrected chi connectivity index (χ3v) is 9.66. The van der Waals surface area contributed by atoms with Gasteiger partial charge in [-0.1, -0.05) is 6.42 Å². The second kappa shape index (κ2) is 12.8. The molecule has 0 aromatic rings. The van der Waals surface area contributed by atoms with Crippen molar-refractivity contribution >= 4 is 5.91 Å². The Kier molecular flexibility index (Phi) is 10.1. The average molecular weight is 509 g/mol. The minimum atomic E-state index is -0.644. The molecule has 4 fully saturated rings. The molecule has 7 nitrogen and oxygen atoms in total. The molecule has 8 heteroatoms. The Morgan fingerprint density at radius 1 is 1.06 bits per heavy atom. The number of carbonyl (C=O) groups is 1. The highest BCUT2D eigenvalue weighted by molar-refractivity contribution is 5.79. The summed E-state index contributed by atoms with van der Waals surface area (Å²) in [6.07, 6.45) is 8.69. The lowest BCUT2D eigenvalue weighted by molar-refractivity contribution is -0.139. The fourth-order valence-corrected chi connectivity index (χ4v) is 7.73. The molecule has 1 amide bonds. The number of piperidine rings is 1. The molecule has 2 heterocycles. The van der Waals surface area contributed by atoms with Gasteiger partial charge in [0.15, 0.2) is 0 Å². The topological polar surface area (TPSA) is 76.9 Å². The monoisotopic (exact) mass is 508 g/mol. The van der Waals surface area contributed by atoms with Crippen LogP contribution in [0.1, 0.15) is 71.6 Å². The maximum atomic E-state index is 13.9. The number of fused-ring (bicyclic) bond motifs is 1. The Hall–Kier alpha value is -0.800. The van der Waals surface area contributed by atoms with E-state index in [1.165, 1.54) is 25.7 Å². The van der Waals surface area contributed by atoms with Crippen LogP contribution in [0.3, 0.4) is 0 Å². The summed E-state index contributed by atoms with van der Waals surface area (Å²) in [6, 6.07) is 0.749. The van der Waals surface area contributed by atoms with Gasteiger partial charge in [0.25, 0.3) is 0 Å². The number of nitrogens with two attached hydrogens (primary N) is 1. The Bertz CT molecular complexity index is 702. The average Bonchev–Trinajstić information content (AvgIpc) is 3.29. The van der Waals surface area contributed by atoms with Crippen molar-refractivity contribution in [2.24, 2.45) is 35.3 Å². The largest absolute Gasteiger partial charge is 0.345 e. The number of likely N-dealkylation sites (N-methyl/N-ethyl adjacent to an activating group) is 1. The zero-order chi connectivity index (χ0) is 25.8. The lowest BCUT2D eigenvalue weighted by atomic mass is 9.71. The molecular weight excluding hydrogens is 455 g/mol. The highest BCUT2D eigenvalue weighted by atomic mass is 19.1. The number of amides is 1. The fourth-order valence-electron chi connectivity index (χ4n) is 7.73. The molecule has 2 aliphatic carbocycles. The van der Waals surface area contributed by atoms with Crippen LogP contribution in [0.2, 0.25) is 0 Å². The number of hydrogen-bond donors (Lipinski definition) is 3. The predicted molar refractivity (Wildman–Crippen MR) is 144 cm³/mol. The van der Waals surface area contributed by atoms with E-state index in [9.17, 15) is 9.18 Å². The number of alkyl halides is 1. The van der Waals surface area contributed by atoms with Crippen molar-refractivity contribution in [3.05, 3.63) is 0 Å². The van der Waals surface area contributed by atoms with E-state index >= 15 is 0 Å². The number of hydrogen-bond acceptors (Lipinski definition) is 6. The van der Waals surface area contributed by atoms with Gasteiger partial charge in [-0.05, 0) is 90.0 Å². The van der Waals surface area contributed by atoms with E-state index in [4.69, 9.17) is 5.73 Å². The van der Waals surface area contributed by atoms with Gasteiger partial charge in [-0.3, -0.25) is 15.5 Å². The summed E-state index contributed by atoms with van der Waals surface area (Å²) in [4.78, 5) is 18.3. The van der Waals surface area contributed by atoms with Crippen molar-refractivity contribution in [3.8, 4) is 0 Å². The first kappa shape index (κ1) is 28.2. The van der Waals surface area contributed by atoms with Crippen LogP contribution in [0.5, 0.6) is 0 Å². The minimum Gasteiger partial charge on any atom is -0.345 e.